The fraction of sp³-hybridized carbons (Fsp3) is 0.900. The topological polar surface area (TPSA) is 86.8 Å². The number of aliphatic hydroxyl groups is 2. The predicted octanol–water partition coefficient (Wildman–Crippen LogP) is -1.32. The second-order valence-corrected chi connectivity index (χ2v) is 4.74. The van der Waals surface area contributed by atoms with Crippen molar-refractivity contribution >= 4 is 5.91 Å². The van der Waals surface area contributed by atoms with Gasteiger partial charge in [0, 0.05) is 11.8 Å². The molecule has 1 spiro atoms. The monoisotopic (exact) mass is 214 g/mol. The summed E-state index contributed by atoms with van der Waals surface area (Å²) in [5.74, 6) is -0.319. The van der Waals surface area contributed by atoms with Gasteiger partial charge in [-0.1, -0.05) is 0 Å². The molecule has 1 amide bonds. The molecule has 2 fully saturated rings. The molecule has 1 aliphatic carbocycles. The van der Waals surface area contributed by atoms with Gasteiger partial charge in [-0.25, -0.2) is 0 Å². The Morgan fingerprint density at radius 2 is 1.87 bits per heavy atom. The van der Waals surface area contributed by atoms with Gasteiger partial charge >= 0.3 is 0 Å². The average Bonchev–Trinajstić information content (AvgIpc) is 2.18. The predicted molar refractivity (Wildman–Crippen MR) is 53.9 cm³/mol. The summed E-state index contributed by atoms with van der Waals surface area (Å²) in [7, 11) is 0. The van der Waals surface area contributed by atoms with E-state index in [1.807, 2.05) is 4.90 Å². The zero-order valence-electron chi connectivity index (χ0n) is 8.72. The van der Waals surface area contributed by atoms with Crippen molar-refractivity contribution in [1.29, 1.82) is 0 Å². The van der Waals surface area contributed by atoms with E-state index in [0.29, 0.717) is 6.42 Å². The van der Waals surface area contributed by atoms with E-state index in [1.165, 1.54) is 0 Å². The minimum atomic E-state index is -0.372. The Morgan fingerprint density at radius 3 is 2.27 bits per heavy atom. The number of amides is 1. The molecule has 2 rings (SSSR count). The Kier molecular flexibility index (Phi) is 2.70. The number of carbonyl (C=O) groups excluding carboxylic acids is 1. The van der Waals surface area contributed by atoms with Gasteiger partial charge in [-0.15, -0.1) is 0 Å². The Morgan fingerprint density at radius 1 is 1.33 bits per heavy atom. The molecule has 0 bridgehead atoms. The highest BCUT2D eigenvalue weighted by Gasteiger charge is 2.54. The second kappa shape index (κ2) is 3.73. The Hall–Kier alpha value is -0.650. The van der Waals surface area contributed by atoms with Crippen LogP contribution in [-0.2, 0) is 4.79 Å². The van der Waals surface area contributed by atoms with E-state index < -0.39 is 0 Å². The van der Waals surface area contributed by atoms with Crippen LogP contribution >= 0.6 is 0 Å². The van der Waals surface area contributed by atoms with E-state index in [0.717, 1.165) is 25.9 Å². The molecule has 0 aromatic heterocycles. The number of carbonyl (C=O) groups is 1. The summed E-state index contributed by atoms with van der Waals surface area (Å²) in [5.41, 5.74) is 4.82. The third kappa shape index (κ3) is 1.75. The van der Waals surface area contributed by atoms with Gasteiger partial charge in [-0.05, 0) is 25.9 Å². The molecule has 1 saturated heterocycles. The van der Waals surface area contributed by atoms with Crippen molar-refractivity contribution in [2.45, 2.75) is 31.5 Å². The molecular formula is C10H18N2O3. The molecule has 0 aromatic rings. The number of nitrogens with two attached hydrogens (primary N) is 1. The maximum Gasteiger partial charge on any atom is 0.231 e. The molecule has 2 aliphatic rings. The molecule has 0 aromatic carbocycles. The smallest absolute Gasteiger partial charge is 0.231 e. The summed E-state index contributed by atoms with van der Waals surface area (Å²) in [6.07, 6.45) is 1.26. The van der Waals surface area contributed by atoms with E-state index in [2.05, 4.69) is 0 Å². The molecular weight excluding hydrogens is 196 g/mol. The SMILES string of the molecule is NC(=O)CN1CCC2(CC1)[C@H](O)C[C@@H]2O. The van der Waals surface area contributed by atoms with Crippen LogP contribution in [0.2, 0.25) is 0 Å². The molecule has 1 saturated carbocycles. The zero-order valence-corrected chi connectivity index (χ0v) is 8.72. The highest BCUT2D eigenvalue weighted by molar-refractivity contribution is 5.75. The minimum Gasteiger partial charge on any atom is -0.392 e. The molecule has 86 valence electrons. The number of hydrogen-bond acceptors (Lipinski definition) is 4. The van der Waals surface area contributed by atoms with Gasteiger partial charge in [0.15, 0.2) is 0 Å². The first kappa shape index (κ1) is 10.9. The van der Waals surface area contributed by atoms with Crippen molar-refractivity contribution in [2.75, 3.05) is 19.6 Å². The lowest BCUT2D eigenvalue weighted by Crippen LogP contribution is -2.61. The third-order valence-corrected chi connectivity index (χ3v) is 3.94. The molecule has 5 nitrogen and oxygen atoms in total. The van der Waals surface area contributed by atoms with Crippen molar-refractivity contribution < 1.29 is 15.0 Å². The first-order valence-corrected chi connectivity index (χ1v) is 5.41. The van der Waals surface area contributed by atoms with Gasteiger partial charge in [0.25, 0.3) is 0 Å². The van der Waals surface area contributed by atoms with Gasteiger partial charge in [-0.3, -0.25) is 9.69 Å². The van der Waals surface area contributed by atoms with Crippen LogP contribution in [0.4, 0.5) is 0 Å². The number of rotatable bonds is 2. The molecule has 5 heteroatoms. The van der Waals surface area contributed by atoms with Crippen molar-refractivity contribution in [3.63, 3.8) is 0 Å². The second-order valence-electron chi connectivity index (χ2n) is 4.74. The molecule has 2 atom stereocenters. The van der Waals surface area contributed by atoms with Crippen molar-refractivity contribution in [2.24, 2.45) is 11.1 Å². The summed E-state index contributed by atoms with van der Waals surface area (Å²) >= 11 is 0. The zero-order chi connectivity index (χ0) is 11.1. The molecule has 0 radical (unpaired) electrons. The molecule has 4 N–H and O–H groups in total. The summed E-state index contributed by atoms with van der Waals surface area (Å²) in [6.45, 7) is 1.75. The highest BCUT2D eigenvalue weighted by atomic mass is 16.3. The summed E-state index contributed by atoms with van der Waals surface area (Å²) < 4.78 is 0. The van der Waals surface area contributed by atoms with Crippen molar-refractivity contribution in [3.8, 4) is 0 Å². The van der Waals surface area contributed by atoms with E-state index in [9.17, 15) is 15.0 Å². The number of nitrogens with zero attached hydrogens (tertiary/aromatic N) is 1. The Balaban J connectivity index is 1.89. The van der Waals surface area contributed by atoms with Gasteiger partial charge in [0.1, 0.15) is 0 Å². The lowest BCUT2D eigenvalue weighted by Gasteiger charge is -2.54. The lowest BCUT2D eigenvalue weighted by molar-refractivity contribution is -0.189. The van der Waals surface area contributed by atoms with Crippen LogP contribution in [0.3, 0.4) is 0 Å². The van der Waals surface area contributed by atoms with Crippen LogP contribution in [0, 0.1) is 5.41 Å². The van der Waals surface area contributed by atoms with E-state index in [4.69, 9.17) is 5.73 Å². The maximum absolute atomic E-state index is 10.7. The average molecular weight is 214 g/mol. The standard InChI is InChI=1S/C10H18N2O3/c11-9(15)6-12-3-1-10(2-4-12)7(13)5-8(10)14/h7-8,13-14H,1-6H2,(H2,11,15)/t7-,8+. The van der Waals surface area contributed by atoms with Gasteiger partial charge in [-0.2, -0.15) is 0 Å². The molecule has 1 aliphatic heterocycles. The fourth-order valence-corrected chi connectivity index (χ4v) is 2.76. The van der Waals surface area contributed by atoms with Crippen LogP contribution < -0.4 is 5.73 Å². The highest BCUT2D eigenvalue weighted by Crippen LogP contribution is 2.49. The van der Waals surface area contributed by atoms with Crippen LogP contribution in [-0.4, -0.2) is 52.9 Å². The maximum atomic E-state index is 10.7. The number of primary amides is 1. The van der Waals surface area contributed by atoms with E-state index in [1.54, 1.807) is 0 Å². The summed E-state index contributed by atoms with van der Waals surface area (Å²) in [6, 6.07) is 0. The number of hydrogen-bond donors (Lipinski definition) is 3. The van der Waals surface area contributed by atoms with Gasteiger partial charge < -0.3 is 15.9 Å². The van der Waals surface area contributed by atoms with Crippen LogP contribution in [0.1, 0.15) is 19.3 Å². The number of likely N-dealkylation sites (tertiary alicyclic amines) is 1. The van der Waals surface area contributed by atoms with E-state index in [-0.39, 0.29) is 30.1 Å². The van der Waals surface area contributed by atoms with E-state index >= 15 is 0 Å². The normalized spacial score (nSPS) is 35.1. The van der Waals surface area contributed by atoms with Gasteiger partial charge in [0.05, 0.1) is 18.8 Å². The molecule has 0 unspecified atom stereocenters. The Bertz CT molecular complexity index is 251. The summed E-state index contributed by atoms with van der Waals surface area (Å²) in [4.78, 5) is 12.7. The van der Waals surface area contributed by atoms with Crippen LogP contribution in [0.5, 0.6) is 0 Å². The molecule has 1 heterocycles. The fourth-order valence-electron chi connectivity index (χ4n) is 2.76. The van der Waals surface area contributed by atoms with Gasteiger partial charge in [0.2, 0.25) is 5.91 Å². The number of aliphatic hydroxyl groups excluding tert-OH is 2. The first-order valence-electron chi connectivity index (χ1n) is 5.41. The minimum absolute atomic E-state index is 0.280. The third-order valence-electron chi connectivity index (χ3n) is 3.94. The van der Waals surface area contributed by atoms with Crippen molar-refractivity contribution in [3.05, 3.63) is 0 Å². The van der Waals surface area contributed by atoms with Crippen molar-refractivity contribution in [1.82, 2.24) is 4.90 Å². The number of piperidine rings is 1. The van der Waals surface area contributed by atoms with Crippen LogP contribution in [0.25, 0.3) is 0 Å². The largest absolute Gasteiger partial charge is 0.392 e. The lowest BCUT2D eigenvalue weighted by atomic mass is 9.58. The Labute approximate surface area is 88.9 Å². The molecule has 15 heavy (non-hydrogen) atoms. The first-order chi connectivity index (χ1) is 7.04. The quantitative estimate of drug-likeness (QED) is 0.532. The summed E-state index contributed by atoms with van der Waals surface area (Å²) in [5, 5.41) is 19.4. The van der Waals surface area contributed by atoms with Crippen LogP contribution in [0.15, 0.2) is 0 Å².